The second-order valence-corrected chi connectivity index (χ2v) is 7.18. The molecule has 0 bridgehead atoms. The van der Waals surface area contributed by atoms with Gasteiger partial charge in [-0.15, -0.1) is 0 Å². The Bertz CT molecular complexity index is 760. The van der Waals surface area contributed by atoms with Crippen molar-refractivity contribution in [1.82, 2.24) is 10.6 Å². The van der Waals surface area contributed by atoms with Crippen molar-refractivity contribution in [3.63, 3.8) is 0 Å². The summed E-state index contributed by atoms with van der Waals surface area (Å²) in [6, 6.07) is 19.4. The molecule has 0 spiro atoms. The van der Waals surface area contributed by atoms with Crippen molar-refractivity contribution in [2.75, 3.05) is 0 Å². The third-order valence-corrected chi connectivity index (χ3v) is 3.88. The van der Waals surface area contributed by atoms with Gasteiger partial charge in [-0.3, -0.25) is 9.59 Å². The van der Waals surface area contributed by atoms with Crippen LogP contribution in [0.3, 0.4) is 0 Å². The van der Waals surface area contributed by atoms with Crippen molar-refractivity contribution < 1.29 is 9.59 Å². The molecule has 0 aliphatic rings. The summed E-state index contributed by atoms with van der Waals surface area (Å²) in [4.78, 5) is 25.0. The van der Waals surface area contributed by atoms with E-state index >= 15 is 0 Å². The lowest BCUT2D eigenvalue weighted by Gasteiger charge is -2.16. The maximum atomic E-state index is 12.6. The third kappa shape index (κ3) is 6.20. The number of amides is 1. The van der Waals surface area contributed by atoms with Crippen LogP contribution in [0.4, 0.5) is 0 Å². The summed E-state index contributed by atoms with van der Waals surface area (Å²) >= 11 is 0. The van der Waals surface area contributed by atoms with E-state index in [1.165, 1.54) is 6.08 Å². The minimum atomic E-state index is -0.542. The Kier molecular flexibility index (Phi) is 6.73. The van der Waals surface area contributed by atoms with E-state index in [-0.39, 0.29) is 17.4 Å². The van der Waals surface area contributed by atoms with Crippen molar-refractivity contribution in [2.45, 2.75) is 33.9 Å². The predicted octanol–water partition coefficient (Wildman–Crippen LogP) is 3.59. The molecule has 0 aliphatic carbocycles. The van der Waals surface area contributed by atoms with E-state index in [2.05, 4.69) is 10.6 Å². The number of carbonyl (C=O) groups is 2. The second kappa shape index (κ2) is 8.99. The lowest BCUT2D eigenvalue weighted by molar-refractivity contribution is -0.122. The van der Waals surface area contributed by atoms with Crippen LogP contribution in [0.15, 0.2) is 72.4 Å². The fraction of sp³-hybridized carbons (Fsp3) is 0.273. The molecule has 2 N–H and O–H groups in total. The molecule has 4 heteroatoms. The summed E-state index contributed by atoms with van der Waals surface area (Å²) in [6.07, 6.45) is 1.41. The average molecular weight is 350 g/mol. The normalized spacial score (nSPS) is 11.7. The molecule has 0 heterocycles. The zero-order valence-electron chi connectivity index (χ0n) is 15.6. The molecule has 26 heavy (non-hydrogen) atoms. The number of hydrogen-bond donors (Lipinski definition) is 2. The Morgan fingerprint density at radius 1 is 0.808 bits per heavy atom. The van der Waals surface area contributed by atoms with Gasteiger partial charge in [-0.05, 0) is 11.1 Å². The fourth-order valence-electron chi connectivity index (χ4n) is 2.21. The van der Waals surface area contributed by atoms with Crippen LogP contribution < -0.4 is 10.6 Å². The SMILES string of the molecule is CC(C)(C)C(=O)C=C(NCc1ccccc1)C(=O)NCc1ccccc1. The summed E-state index contributed by atoms with van der Waals surface area (Å²) in [6.45, 7) is 6.39. The fourth-order valence-corrected chi connectivity index (χ4v) is 2.21. The number of nitrogens with one attached hydrogen (secondary N) is 2. The predicted molar refractivity (Wildman–Crippen MR) is 104 cm³/mol. The molecule has 0 radical (unpaired) electrons. The van der Waals surface area contributed by atoms with E-state index in [0.717, 1.165) is 11.1 Å². The summed E-state index contributed by atoms with van der Waals surface area (Å²) in [5.74, 6) is -0.384. The standard InChI is InChI=1S/C22H26N2O2/c1-22(2,3)20(25)14-19(23-15-17-10-6-4-7-11-17)21(26)24-16-18-12-8-5-9-13-18/h4-14,23H,15-16H2,1-3H3,(H,24,26). The second-order valence-electron chi connectivity index (χ2n) is 7.18. The number of benzene rings is 2. The number of rotatable bonds is 7. The van der Waals surface area contributed by atoms with Gasteiger partial charge < -0.3 is 10.6 Å². The summed E-state index contributed by atoms with van der Waals surface area (Å²) in [5, 5.41) is 5.97. The molecule has 1 amide bonds. The van der Waals surface area contributed by atoms with Crippen LogP contribution in [0.5, 0.6) is 0 Å². The number of hydrogen-bond acceptors (Lipinski definition) is 3. The molecule has 2 rings (SSSR count). The highest BCUT2D eigenvalue weighted by molar-refractivity contribution is 6.03. The van der Waals surface area contributed by atoms with Crippen LogP contribution in [0.2, 0.25) is 0 Å². The molecular formula is C22H26N2O2. The lowest BCUT2D eigenvalue weighted by atomic mass is 9.90. The number of ketones is 1. The Morgan fingerprint density at radius 3 is 1.73 bits per heavy atom. The molecule has 0 saturated heterocycles. The highest BCUT2D eigenvalue weighted by Gasteiger charge is 2.21. The number of carbonyl (C=O) groups excluding carboxylic acids is 2. The van der Waals surface area contributed by atoms with E-state index in [1.807, 2.05) is 81.4 Å². The molecule has 2 aromatic rings. The van der Waals surface area contributed by atoms with Gasteiger partial charge >= 0.3 is 0 Å². The first kappa shape index (κ1) is 19.4. The van der Waals surface area contributed by atoms with E-state index in [9.17, 15) is 9.59 Å². The summed E-state index contributed by atoms with van der Waals surface area (Å²) in [7, 11) is 0. The highest BCUT2D eigenvalue weighted by Crippen LogP contribution is 2.16. The zero-order chi connectivity index (χ0) is 19.0. The van der Waals surface area contributed by atoms with Gasteiger partial charge in [0.15, 0.2) is 5.78 Å². The first-order valence-electron chi connectivity index (χ1n) is 8.72. The first-order valence-corrected chi connectivity index (χ1v) is 8.72. The van der Waals surface area contributed by atoms with Gasteiger partial charge in [0.1, 0.15) is 5.70 Å². The molecule has 0 atom stereocenters. The topological polar surface area (TPSA) is 58.2 Å². The van der Waals surface area contributed by atoms with Gasteiger partial charge in [0.25, 0.3) is 5.91 Å². The molecule has 0 aliphatic heterocycles. The molecule has 0 unspecified atom stereocenters. The molecule has 0 saturated carbocycles. The Morgan fingerprint density at radius 2 is 1.27 bits per heavy atom. The van der Waals surface area contributed by atoms with Crippen molar-refractivity contribution in [1.29, 1.82) is 0 Å². The van der Waals surface area contributed by atoms with Crippen LogP contribution in [0.1, 0.15) is 31.9 Å². The minimum absolute atomic E-state index is 0.0945. The molecule has 4 nitrogen and oxygen atoms in total. The minimum Gasteiger partial charge on any atom is -0.376 e. The quantitative estimate of drug-likeness (QED) is 0.750. The summed E-state index contributed by atoms with van der Waals surface area (Å²) < 4.78 is 0. The Labute approximate surface area is 155 Å². The van der Waals surface area contributed by atoms with Crippen molar-refractivity contribution >= 4 is 11.7 Å². The first-order chi connectivity index (χ1) is 12.4. The van der Waals surface area contributed by atoms with Gasteiger partial charge in [-0.1, -0.05) is 81.4 Å². The van der Waals surface area contributed by atoms with Crippen LogP contribution in [-0.4, -0.2) is 11.7 Å². The van der Waals surface area contributed by atoms with Crippen molar-refractivity contribution in [2.24, 2.45) is 5.41 Å². The Balaban J connectivity index is 2.09. The summed E-state index contributed by atoms with van der Waals surface area (Å²) in [5.41, 5.74) is 1.78. The largest absolute Gasteiger partial charge is 0.376 e. The van der Waals surface area contributed by atoms with Crippen LogP contribution in [-0.2, 0) is 22.7 Å². The van der Waals surface area contributed by atoms with Crippen LogP contribution >= 0.6 is 0 Å². The van der Waals surface area contributed by atoms with E-state index in [0.29, 0.717) is 13.1 Å². The van der Waals surface area contributed by atoms with Crippen molar-refractivity contribution in [3.05, 3.63) is 83.6 Å². The van der Waals surface area contributed by atoms with Gasteiger partial charge in [0.05, 0.1) is 0 Å². The van der Waals surface area contributed by atoms with E-state index < -0.39 is 5.41 Å². The molecule has 136 valence electrons. The van der Waals surface area contributed by atoms with Gasteiger partial charge in [0.2, 0.25) is 0 Å². The highest BCUT2D eigenvalue weighted by atomic mass is 16.2. The van der Waals surface area contributed by atoms with E-state index in [4.69, 9.17) is 0 Å². The van der Waals surface area contributed by atoms with Crippen LogP contribution in [0.25, 0.3) is 0 Å². The number of allylic oxidation sites excluding steroid dienone is 1. The van der Waals surface area contributed by atoms with Gasteiger partial charge in [-0.25, -0.2) is 0 Å². The molecule has 2 aromatic carbocycles. The maximum absolute atomic E-state index is 12.6. The van der Waals surface area contributed by atoms with Crippen molar-refractivity contribution in [3.8, 4) is 0 Å². The smallest absolute Gasteiger partial charge is 0.267 e. The van der Waals surface area contributed by atoms with E-state index in [1.54, 1.807) is 0 Å². The molecular weight excluding hydrogens is 324 g/mol. The van der Waals surface area contributed by atoms with Crippen LogP contribution in [0, 0.1) is 5.41 Å². The molecule has 0 aromatic heterocycles. The zero-order valence-corrected chi connectivity index (χ0v) is 15.6. The third-order valence-electron chi connectivity index (χ3n) is 3.88. The van der Waals surface area contributed by atoms with Gasteiger partial charge in [-0.2, -0.15) is 0 Å². The monoisotopic (exact) mass is 350 g/mol. The van der Waals surface area contributed by atoms with Gasteiger partial charge in [0, 0.05) is 24.6 Å². The Hall–Kier alpha value is -2.88. The maximum Gasteiger partial charge on any atom is 0.267 e. The molecule has 0 fully saturated rings. The average Bonchev–Trinajstić information content (AvgIpc) is 2.63. The lowest BCUT2D eigenvalue weighted by Crippen LogP contribution is -2.33.